The molecule has 1 aliphatic rings. The van der Waals surface area contributed by atoms with Crippen molar-refractivity contribution in [2.24, 2.45) is 5.10 Å². The van der Waals surface area contributed by atoms with Gasteiger partial charge in [-0.2, -0.15) is 15.2 Å². The molecule has 1 aromatic heterocycles. The van der Waals surface area contributed by atoms with Gasteiger partial charge in [0.25, 0.3) is 5.91 Å². The lowest BCUT2D eigenvalue weighted by molar-refractivity contribution is -0.114. The summed E-state index contributed by atoms with van der Waals surface area (Å²) in [5.41, 5.74) is 7.76. The minimum Gasteiger partial charge on any atom is -0.478 e. The maximum Gasteiger partial charge on any atom is 0.335 e. The first kappa shape index (κ1) is 21.2. The summed E-state index contributed by atoms with van der Waals surface area (Å²) in [7, 11) is 0. The van der Waals surface area contributed by atoms with Crippen LogP contribution in [0.25, 0.3) is 11.8 Å². The van der Waals surface area contributed by atoms with Crippen molar-refractivity contribution in [3.63, 3.8) is 0 Å². The third-order valence-electron chi connectivity index (χ3n) is 5.79. The number of carbonyl (C=O) groups is 2. The number of anilines is 1. The Morgan fingerprint density at radius 1 is 0.938 bits per heavy atom. The molecule has 0 aliphatic carbocycles. The molecule has 2 aromatic carbocycles. The number of aromatic nitrogens is 2. The van der Waals surface area contributed by atoms with Gasteiger partial charge in [-0.3, -0.25) is 4.79 Å². The lowest BCUT2D eigenvalue weighted by Gasteiger charge is -2.11. The van der Waals surface area contributed by atoms with Crippen LogP contribution < -0.4 is 5.01 Å². The van der Waals surface area contributed by atoms with Crippen LogP contribution in [0.15, 0.2) is 53.1 Å². The lowest BCUT2D eigenvalue weighted by Crippen LogP contribution is -2.21. The molecule has 1 amide bonds. The fraction of sp³-hybridized carbons (Fsp3) is 0.200. The molecule has 162 valence electrons. The molecule has 0 radical (unpaired) electrons. The molecule has 0 spiro atoms. The van der Waals surface area contributed by atoms with Crippen molar-refractivity contribution in [3.8, 4) is 5.69 Å². The monoisotopic (exact) mass is 428 g/mol. The van der Waals surface area contributed by atoms with Gasteiger partial charge in [0.1, 0.15) is 0 Å². The van der Waals surface area contributed by atoms with Gasteiger partial charge in [-0.05, 0) is 88.2 Å². The Bertz CT molecular complexity index is 1310. The fourth-order valence-electron chi connectivity index (χ4n) is 3.72. The van der Waals surface area contributed by atoms with E-state index in [-0.39, 0.29) is 11.5 Å². The van der Waals surface area contributed by atoms with E-state index in [0.717, 1.165) is 22.6 Å². The largest absolute Gasteiger partial charge is 0.478 e. The second-order valence-corrected chi connectivity index (χ2v) is 7.98. The minimum absolute atomic E-state index is 0.155. The molecule has 0 saturated carbocycles. The lowest BCUT2D eigenvalue weighted by atomic mass is 10.1. The number of carboxylic acids is 1. The van der Waals surface area contributed by atoms with Crippen molar-refractivity contribution >= 4 is 29.4 Å². The van der Waals surface area contributed by atoms with Crippen molar-refractivity contribution in [1.29, 1.82) is 0 Å². The highest BCUT2D eigenvalue weighted by Gasteiger charge is 2.29. The molecule has 1 N–H and O–H groups in total. The van der Waals surface area contributed by atoms with Crippen molar-refractivity contribution in [1.82, 2.24) is 9.78 Å². The molecule has 0 unspecified atom stereocenters. The third kappa shape index (κ3) is 3.62. The van der Waals surface area contributed by atoms with Crippen molar-refractivity contribution in [2.75, 3.05) is 5.01 Å². The molecule has 0 atom stereocenters. The van der Waals surface area contributed by atoms with Gasteiger partial charge < -0.3 is 5.11 Å². The second-order valence-electron chi connectivity index (χ2n) is 7.98. The summed E-state index contributed by atoms with van der Waals surface area (Å²) in [4.78, 5) is 24.2. The minimum atomic E-state index is -1.02. The molecule has 4 rings (SSSR count). The number of hydrogen-bond acceptors (Lipinski definition) is 4. The topological polar surface area (TPSA) is 87.8 Å². The van der Waals surface area contributed by atoms with E-state index >= 15 is 0 Å². The van der Waals surface area contributed by atoms with E-state index in [9.17, 15) is 9.59 Å². The average Bonchev–Trinajstić information content (AvgIpc) is 3.20. The van der Waals surface area contributed by atoms with E-state index in [4.69, 9.17) is 10.2 Å². The number of rotatable bonds is 4. The summed E-state index contributed by atoms with van der Waals surface area (Å²) in [5, 5.41) is 19.5. The number of hydrogen-bond donors (Lipinski definition) is 1. The smallest absolute Gasteiger partial charge is 0.335 e. The number of amides is 1. The van der Waals surface area contributed by atoms with Crippen LogP contribution in [0.5, 0.6) is 0 Å². The van der Waals surface area contributed by atoms with Crippen LogP contribution in [0, 0.1) is 27.7 Å². The molecule has 7 nitrogen and oxygen atoms in total. The van der Waals surface area contributed by atoms with Crippen LogP contribution in [0.4, 0.5) is 5.69 Å². The van der Waals surface area contributed by atoms with Gasteiger partial charge in [-0.25, -0.2) is 9.48 Å². The predicted octanol–water partition coefficient (Wildman–Crippen LogP) is 4.61. The summed E-state index contributed by atoms with van der Waals surface area (Å²) < 4.78 is 1.89. The van der Waals surface area contributed by atoms with Crippen LogP contribution in [0.2, 0.25) is 0 Å². The van der Waals surface area contributed by atoms with Crippen molar-refractivity contribution < 1.29 is 14.7 Å². The molecular formula is C25H24N4O3. The van der Waals surface area contributed by atoms with Gasteiger partial charge in [0.15, 0.2) is 0 Å². The molecule has 0 fully saturated rings. The van der Waals surface area contributed by atoms with Gasteiger partial charge in [0.2, 0.25) is 0 Å². The Balaban J connectivity index is 1.69. The summed E-state index contributed by atoms with van der Waals surface area (Å²) in [5.74, 6) is -1.28. The predicted molar refractivity (Wildman–Crippen MR) is 124 cm³/mol. The van der Waals surface area contributed by atoms with Gasteiger partial charge in [0, 0.05) is 11.3 Å². The number of hydrazone groups is 1. The molecule has 0 saturated heterocycles. The van der Waals surface area contributed by atoms with Crippen LogP contribution in [-0.2, 0) is 4.79 Å². The zero-order valence-electron chi connectivity index (χ0n) is 18.7. The van der Waals surface area contributed by atoms with E-state index in [1.165, 1.54) is 28.3 Å². The third-order valence-corrected chi connectivity index (χ3v) is 5.79. The molecule has 32 heavy (non-hydrogen) atoms. The molecule has 0 bridgehead atoms. The standard InChI is InChI=1S/C25H24N4O3/c1-14-6-9-21(12-15(14)2)28-18(5)22(16(3)26-28)13-23-17(4)27-29(24(23)30)20-10-7-19(8-11-20)25(31)32/h6-13H,1-5H3,(H,31,32)/b23-13-. The van der Waals surface area contributed by atoms with Gasteiger partial charge >= 0.3 is 5.97 Å². The van der Waals surface area contributed by atoms with Crippen molar-refractivity contribution in [2.45, 2.75) is 34.6 Å². The van der Waals surface area contributed by atoms with E-state index in [0.29, 0.717) is 17.0 Å². The number of nitrogens with zero attached hydrogens (tertiary/aromatic N) is 4. The highest BCUT2D eigenvalue weighted by atomic mass is 16.4. The number of benzene rings is 2. The summed E-state index contributed by atoms with van der Waals surface area (Å²) in [6, 6.07) is 12.3. The summed E-state index contributed by atoms with van der Waals surface area (Å²) >= 11 is 0. The number of carbonyl (C=O) groups excluding carboxylic acids is 1. The number of carboxylic acid groups (broad SMARTS) is 1. The van der Waals surface area contributed by atoms with Gasteiger partial charge in [-0.15, -0.1) is 0 Å². The second kappa shape index (κ2) is 7.92. The van der Waals surface area contributed by atoms with Gasteiger partial charge in [0.05, 0.1) is 33.9 Å². The zero-order chi connectivity index (χ0) is 23.2. The Morgan fingerprint density at radius 3 is 2.22 bits per heavy atom. The van der Waals surface area contributed by atoms with Gasteiger partial charge in [-0.1, -0.05) is 6.07 Å². The fourth-order valence-corrected chi connectivity index (χ4v) is 3.72. The normalized spacial score (nSPS) is 14.9. The first-order chi connectivity index (χ1) is 15.2. The highest BCUT2D eigenvalue weighted by molar-refractivity contribution is 6.32. The Hall–Kier alpha value is -4.00. The Kier molecular flexibility index (Phi) is 5.26. The van der Waals surface area contributed by atoms with Crippen molar-refractivity contribution in [3.05, 3.63) is 81.7 Å². The maximum absolute atomic E-state index is 13.1. The van der Waals surface area contributed by atoms with E-state index in [1.807, 2.05) is 30.7 Å². The Labute approximate surface area is 186 Å². The molecule has 1 aliphatic heterocycles. The van der Waals surface area contributed by atoms with Crippen LogP contribution >= 0.6 is 0 Å². The molecular weight excluding hydrogens is 404 g/mol. The van der Waals surface area contributed by atoms with E-state index in [2.05, 4.69) is 31.1 Å². The summed E-state index contributed by atoms with van der Waals surface area (Å²) in [6.07, 6.45) is 1.84. The number of aromatic carboxylic acids is 1. The highest BCUT2D eigenvalue weighted by Crippen LogP contribution is 2.28. The van der Waals surface area contributed by atoms with E-state index in [1.54, 1.807) is 19.1 Å². The van der Waals surface area contributed by atoms with Crippen LogP contribution in [0.1, 0.15) is 45.4 Å². The van der Waals surface area contributed by atoms with Crippen LogP contribution in [-0.4, -0.2) is 32.5 Å². The maximum atomic E-state index is 13.1. The Morgan fingerprint density at radius 2 is 1.59 bits per heavy atom. The quantitative estimate of drug-likeness (QED) is 0.615. The zero-order valence-corrected chi connectivity index (χ0v) is 18.7. The molecule has 2 heterocycles. The molecule has 7 heteroatoms. The SMILES string of the molecule is CC1=NN(c2ccc(C(=O)O)cc2)C(=O)/C1=C\c1c(C)nn(-c2ccc(C)c(C)c2)c1C. The molecule has 3 aromatic rings. The number of aryl methyl sites for hydroxylation is 3. The van der Waals surface area contributed by atoms with Crippen LogP contribution in [0.3, 0.4) is 0 Å². The van der Waals surface area contributed by atoms with E-state index < -0.39 is 5.97 Å². The summed E-state index contributed by atoms with van der Waals surface area (Å²) in [6.45, 7) is 9.84. The average molecular weight is 428 g/mol. The first-order valence-electron chi connectivity index (χ1n) is 10.3. The first-order valence-corrected chi connectivity index (χ1v) is 10.3.